The number of phosphoric ester groups is 1. The lowest BCUT2D eigenvalue weighted by molar-refractivity contribution is -0.183. The van der Waals surface area contributed by atoms with Crippen LogP contribution in [0.2, 0.25) is 0 Å². The van der Waals surface area contributed by atoms with Crippen molar-refractivity contribution < 1.29 is 66.0 Å². The Morgan fingerprint density at radius 1 is 1.10 bits per heavy atom. The smallest absolute Gasteiger partial charge is 0.432 e. The summed E-state index contributed by atoms with van der Waals surface area (Å²) in [4.78, 5) is 48.5. The van der Waals surface area contributed by atoms with E-state index in [2.05, 4.69) is 9.47 Å². The SMILES string of the molecule is CC(C)OC(=O)OCOP(=O)(OCOC(=O)OC(C)C)OC1[C@]2(O)[C@@](C)(O)[C@H](n3ccc(=O)[nH]c3=O)O[C@]12F. The van der Waals surface area contributed by atoms with Crippen LogP contribution >= 0.6 is 7.82 Å². The van der Waals surface area contributed by atoms with Crippen molar-refractivity contribution in [2.75, 3.05) is 13.6 Å². The fourth-order valence-corrected chi connectivity index (χ4v) is 4.74. The van der Waals surface area contributed by atoms with Gasteiger partial charge in [-0.05, 0) is 34.6 Å². The van der Waals surface area contributed by atoms with E-state index in [-0.39, 0.29) is 0 Å². The van der Waals surface area contributed by atoms with Crippen LogP contribution in [-0.4, -0.2) is 81.0 Å². The van der Waals surface area contributed by atoms with Crippen molar-refractivity contribution in [3.63, 3.8) is 0 Å². The molecule has 0 aromatic carbocycles. The van der Waals surface area contributed by atoms with E-state index in [9.17, 15) is 34.0 Å². The summed E-state index contributed by atoms with van der Waals surface area (Å²) in [6.45, 7) is 4.69. The Labute approximate surface area is 219 Å². The summed E-state index contributed by atoms with van der Waals surface area (Å²) in [6.07, 6.45) is -6.87. The number of carbonyl (C=O) groups is 2. The molecule has 0 radical (unpaired) electrons. The van der Waals surface area contributed by atoms with Crippen molar-refractivity contribution in [3.05, 3.63) is 33.1 Å². The Hall–Kier alpha value is -2.86. The van der Waals surface area contributed by atoms with Crippen LogP contribution < -0.4 is 11.2 Å². The lowest BCUT2D eigenvalue weighted by Gasteiger charge is -2.32. The molecule has 17 nitrogen and oxygen atoms in total. The highest BCUT2D eigenvalue weighted by Gasteiger charge is 2.95. The third-order valence-electron chi connectivity index (χ3n) is 5.47. The van der Waals surface area contributed by atoms with Gasteiger partial charge in [0.15, 0.2) is 17.9 Å². The standard InChI is InChI=1S/C20H28FN2O15P/c1-10(2)35-16(26)31-8-33-39(30,34-9-32-17(27)36-11(3)4)38-13-19(29)18(5,28)14(37-20(13,19)21)23-7-6-12(24)22-15(23)25/h6-7,10-11,13-14,28-29H,8-9H2,1-5H3,(H,22,24,25)/t13?,14-,18+,19+,20-/m1/s1. The average molecular weight is 586 g/mol. The lowest BCUT2D eigenvalue weighted by Crippen LogP contribution is -2.51. The molecule has 1 unspecified atom stereocenters. The molecule has 2 aliphatic rings. The van der Waals surface area contributed by atoms with Crippen molar-refractivity contribution in [2.24, 2.45) is 0 Å². The zero-order chi connectivity index (χ0) is 29.4. The zero-order valence-electron chi connectivity index (χ0n) is 21.4. The van der Waals surface area contributed by atoms with E-state index in [0.29, 0.717) is 4.57 Å². The number of rotatable bonds is 11. The van der Waals surface area contributed by atoms with Crippen molar-refractivity contribution in [1.82, 2.24) is 9.55 Å². The van der Waals surface area contributed by atoms with Gasteiger partial charge >= 0.3 is 25.8 Å². The molecule has 1 aliphatic carbocycles. The quantitative estimate of drug-likeness (QED) is 0.185. The maximum Gasteiger partial charge on any atom is 0.510 e. The molecule has 3 N–H and O–H groups in total. The van der Waals surface area contributed by atoms with Gasteiger partial charge in [-0.1, -0.05) is 0 Å². The monoisotopic (exact) mass is 586 g/mol. The Kier molecular flexibility index (Phi) is 8.62. The number of hydrogen-bond acceptors (Lipinski definition) is 15. The molecule has 0 bridgehead atoms. The highest BCUT2D eigenvalue weighted by Crippen LogP contribution is 2.72. The van der Waals surface area contributed by atoms with E-state index >= 15 is 4.39 Å². The van der Waals surface area contributed by atoms with Crippen LogP contribution in [0.4, 0.5) is 14.0 Å². The number of carbonyl (C=O) groups excluding carboxylic acids is 2. The minimum atomic E-state index is -5.07. The molecular weight excluding hydrogens is 558 g/mol. The lowest BCUT2D eigenvalue weighted by atomic mass is 9.95. The van der Waals surface area contributed by atoms with E-state index in [4.69, 9.17) is 27.8 Å². The highest BCUT2D eigenvalue weighted by molar-refractivity contribution is 7.48. The van der Waals surface area contributed by atoms with Crippen LogP contribution in [0, 0.1) is 0 Å². The average Bonchev–Trinajstić information content (AvgIpc) is 3.18. The predicted molar refractivity (Wildman–Crippen MR) is 121 cm³/mol. The number of aromatic nitrogens is 2. The summed E-state index contributed by atoms with van der Waals surface area (Å²) >= 11 is 0. The van der Waals surface area contributed by atoms with E-state index in [1.165, 1.54) is 27.7 Å². The largest absolute Gasteiger partial charge is 0.510 e. The Morgan fingerprint density at radius 2 is 1.62 bits per heavy atom. The first-order chi connectivity index (χ1) is 18.0. The first kappa shape index (κ1) is 30.7. The van der Waals surface area contributed by atoms with Crippen LogP contribution in [0.5, 0.6) is 0 Å². The fourth-order valence-electron chi connectivity index (χ4n) is 3.64. The first-order valence-electron chi connectivity index (χ1n) is 11.3. The minimum absolute atomic E-state index is 0.578. The Morgan fingerprint density at radius 3 is 2.03 bits per heavy atom. The normalized spacial score (nSPS) is 29.7. The number of phosphoric acid groups is 1. The van der Waals surface area contributed by atoms with Crippen molar-refractivity contribution in [2.45, 2.75) is 76.2 Å². The second-order valence-electron chi connectivity index (χ2n) is 9.09. The molecule has 1 saturated heterocycles. The van der Waals surface area contributed by atoms with Gasteiger partial charge in [-0.15, -0.1) is 0 Å². The number of alkyl halides is 1. The van der Waals surface area contributed by atoms with Crippen LogP contribution in [0.15, 0.2) is 21.9 Å². The zero-order valence-corrected chi connectivity index (χ0v) is 22.2. The summed E-state index contributed by atoms with van der Waals surface area (Å²) < 4.78 is 67.7. The number of nitrogens with one attached hydrogen (secondary N) is 1. The van der Waals surface area contributed by atoms with Crippen molar-refractivity contribution >= 4 is 20.1 Å². The molecule has 1 aromatic heterocycles. The van der Waals surface area contributed by atoms with Crippen LogP contribution in [0.25, 0.3) is 0 Å². The molecule has 0 amide bonds. The molecular formula is C20H28FN2O15P. The number of fused-ring (bicyclic) bond motifs is 1. The molecule has 19 heteroatoms. The maximum absolute atomic E-state index is 15.7. The molecule has 1 aliphatic heterocycles. The predicted octanol–water partition coefficient (Wildman–Crippen LogP) is 0.792. The van der Waals surface area contributed by atoms with Gasteiger partial charge < -0.3 is 33.9 Å². The topological polar surface area (TPSA) is 220 Å². The number of ether oxygens (including phenoxy) is 5. The number of H-pyrrole nitrogens is 1. The first-order valence-corrected chi connectivity index (χ1v) is 12.8. The van der Waals surface area contributed by atoms with Crippen LogP contribution in [0.3, 0.4) is 0 Å². The third-order valence-corrected chi connectivity index (χ3v) is 6.78. The molecule has 0 spiro atoms. The van der Waals surface area contributed by atoms with Crippen LogP contribution in [-0.2, 0) is 41.8 Å². The molecule has 2 heterocycles. The minimum Gasteiger partial charge on any atom is -0.432 e. The molecule has 39 heavy (non-hydrogen) atoms. The van der Waals surface area contributed by atoms with Gasteiger partial charge in [-0.2, -0.15) is 0 Å². The van der Waals surface area contributed by atoms with Gasteiger partial charge in [0.1, 0.15) is 5.60 Å². The van der Waals surface area contributed by atoms with E-state index < -0.39 is 86.6 Å². The molecule has 3 rings (SSSR count). The van der Waals surface area contributed by atoms with Gasteiger partial charge in [0.25, 0.3) is 11.4 Å². The molecule has 5 atom stereocenters. The number of nitrogens with zero attached hydrogens (tertiary/aromatic N) is 1. The third kappa shape index (κ3) is 6.01. The second-order valence-corrected chi connectivity index (χ2v) is 10.7. The van der Waals surface area contributed by atoms with E-state index in [1.54, 1.807) is 0 Å². The molecule has 1 aromatic rings. The molecule has 2 fully saturated rings. The van der Waals surface area contributed by atoms with Crippen molar-refractivity contribution in [3.8, 4) is 0 Å². The maximum atomic E-state index is 15.7. The van der Waals surface area contributed by atoms with Gasteiger partial charge in [-0.3, -0.25) is 18.9 Å². The van der Waals surface area contributed by atoms with Crippen molar-refractivity contribution in [1.29, 1.82) is 0 Å². The summed E-state index contributed by atoms with van der Waals surface area (Å²) in [5.74, 6) is -3.28. The summed E-state index contributed by atoms with van der Waals surface area (Å²) in [6, 6.07) is 0.887. The van der Waals surface area contributed by atoms with E-state index in [0.717, 1.165) is 19.2 Å². The van der Waals surface area contributed by atoms with Gasteiger partial charge in [0.2, 0.25) is 13.6 Å². The van der Waals surface area contributed by atoms with Gasteiger partial charge in [-0.25, -0.2) is 32.4 Å². The molecule has 220 valence electrons. The fraction of sp³-hybridized carbons (Fsp3) is 0.700. The van der Waals surface area contributed by atoms with E-state index in [1.807, 2.05) is 4.98 Å². The summed E-state index contributed by atoms with van der Waals surface area (Å²) in [5, 5.41) is 22.0. The van der Waals surface area contributed by atoms with Crippen LogP contribution in [0.1, 0.15) is 40.8 Å². The second kappa shape index (κ2) is 11.0. The van der Waals surface area contributed by atoms with Gasteiger partial charge in [0.05, 0.1) is 12.2 Å². The van der Waals surface area contributed by atoms with Gasteiger partial charge in [0, 0.05) is 12.3 Å². The number of halogens is 1. The summed E-state index contributed by atoms with van der Waals surface area (Å²) in [5.41, 5.74) is -7.47. The highest BCUT2D eigenvalue weighted by atomic mass is 31.2. The number of hydrogen-bond donors (Lipinski definition) is 3. The summed E-state index contributed by atoms with van der Waals surface area (Å²) in [7, 11) is -5.07. The number of aliphatic hydroxyl groups is 2. The molecule has 1 saturated carbocycles. The Balaban J connectivity index is 1.76. The number of aromatic amines is 1. The Bertz CT molecular complexity index is 1220.